The van der Waals surface area contributed by atoms with Gasteiger partial charge in [0.2, 0.25) is 0 Å². The minimum atomic E-state index is -4.70. The third kappa shape index (κ3) is 8.32. The Bertz CT molecular complexity index is 1060. The van der Waals surface area contributed by atoms with Crippen LogP contribution < -0.4 is 4.90 Å². The van der Waals surface area contributed by atoms with Gasteiger partial charge >= 0.3 is 10.4 Å². The van der Waals surface area contributed by atoms with Crippen molar-refractivity contribution in [3.63, 3.8) is 0 Å². The van der Waals surface area contributed by atoms with E-state index in [1.54, 1.807) is 24.3 Å². The van der Waals surface area contributed by atoms with Crippen LogP contribution in [0.2, 0.25) is 0 Å². The van der Waals surface area contributed by atoms with Crippen LogP contribution in [0, 0.1) is 0 Å². The van der Waals surface area contributed by atoms with Crippen molar-refractivity contribution in [2.24, 2.45) is 10.2 Å². The minimum Gasteiger partial charge on any atom is -0.395 e. The molecule has 0 bridgehead atoms. The van der Waals surface area contributed by atoms with Gasteiger partial charge in [0.05, 0.1) is 41.8 Å². The van der Waals surface area contributed by atoms with Crippen molar-refractivity contribution in [3.05, 3.63) is 48.5 Å². The molecular weight excluding hydrogens is 450 g/mol. The molecule has 0 aliphatic rings. The molecule has 2 aromatic carbocycles. The fourth-order valence-electron chi connectivity index (χ4n) is 2.54. The summed E-state index contributed by atoms with van der Waals surface area (Å²) in [5, 5.41) is 26.3. The van der Waals surface area contributed by atoms with Crippen LogP contribution in [0.25, 0.3) is 0 Å². The van der Waals surface area contributed by atoms with Gasteiger partial charge in [-0.05, 0) is 48.5 Å². The molecule has 3 N–H and O–H groups in total. The highest BCUT2D eigenvalue weighted by Crippen LogP contribution is 2.23. The molecule has 0 unspecified atom stereocenters. The summed E-state index contributed by atoms with van der Waals surface area (Å²) in [6.07, 6.45) is 0. The summed E-state index contributed by atoms with van der Waals surface area (Å²) in [7, 11) is -8.50. The summed E-state index contributed by atoms with van der Waals surface area (Å²) in [5.74, 6) is -0.621. The highest BCUT2D eigenvalue weighted by molar-refractivity contribution is 7.91. The molecule has 13 heteroatoms. The molecule has 0 heterocycles. The van der Waals surface area contributed by atoms with Gasteiger partial charge in [-0.1, -0.05) is 0 Å². The van der Waals surface area contributed by atoms with Gasteiger partial charge in [-0.15, -0.1) is 0 Å². The van der Waals surface area contributed by atoms with Gasteiger partial charge in [-0.3, -0.25) is 4.55 Å². The average molecular weight is 474 g/mol. The minimum absolute atomic E-state index is 0.0409. The number of anilines is 1. The van der Waals surface area contributed by atoms with E-state index in [0.717, 1.165) is 5.69 Å². The second kappa shape index (κ2) is 11.3. The van der Waals surface area contributed by atoms with Gasteiger partial charge in [0.1, 0.15) is 0 Å². The molecule has 0 fully saturated rings. The first-order chi connectivity index (χ1) is 14.6. The molecule has 0 aromatic heterocycles. The first kappa shape index (κ1) is 24.8. The van der Waals surface area contributed by atoms with E-state index in [9.17, 15) is 16.8 Å². The number of rotatable bonds is 12. The van der Waals surface area contributed by atoms with Gasteiger partial charge in [0.25, 0.3) is 0 Å². The van der Waals surface area contributed by atoms with Crippen molar-refractivity contribution in [2.45, 2.75) is 4.90 Å². The lowest BCUT2D eigenvalue weighted by Gasteiger charge is -2.22. The molecule has 2 aromatic rings. The van der Waals surface area contributed by atoms with E-state index in [1.807, 2.05) is 4.90 Å². The Balaban J connectivity index is 2.02. The second-order valence-electron chi connectivity index (χ2n) is 6.21. The van der Waals surface area contributed by atoms with Crippen molar-refractivity contribution >= 4 is 37.3 Å². The molecule has 0 saturated carbocycles. The molecule has 11 nitrogen and oxygen atoms in total. The molecule has 0 amide bonds. The predicted octanol–water partition coefficient (Wildman–Crippen LogP) is 1.49. The van der Waals surface area contributed by atoms with E-state index in [0.29, 0.717) is 24.5 Å². The van der Waals surface area contributed by atoms with Crippen LogP contribution in [0.1, 0.15) is 0 Å². The SMILES string of the molecule is O=S(=O)(O)OCCS(=O)(=O)c1ccc(N=Nc2ccc(N(CCO)CCO)cc2)cc1. The summed E-state index contributed by atoms with van der Waals surface area (Å²) >= 11 is 0. The third-order valence-corrected chi connectivity index (χ3v) is 6.17. The lowest BCUT2D eigenvalue weighted by atomic mass is 10.2. The Morgan fingerprint density at radius 2 is 1.29 bits per heavy atom. The first-order valence-electron chi connectivity index (χ1n) is 9.08. The summed E-state index contributed by atoms with van der Waals surface area (Å²) in [6, 6.07) is 12.5. The van der Waals surface area contributed by atoms with E-state index in [1.165, 1.54) is 24.3 Å². The van der Waals surface area contributed by atoms with Gasteiger partial charge in [-0.25, -0.2) is 12.6 Å². The van der Waals surface area contributed by atoms with Crippen LogP contribution in [0.3, 0.4) is 0 Å². The maximum Gasteiger partial charge on any atom is 0.397 e. The summed E-state index contributed by atoms with van der Waals surface area (Å²) in [6.45, 7) is -0.00857. The van der Waals surface area contributed by atoms with Crippen LogP contribution >= 0.6 is 0 Å². The molecule has 0 aliphatic heterocycles. The fraction of sp³-hybridized carbons (Fsp3) is 0.333. The van der Waals surface area contributed by atoms with Crippen LogP contribution in [0.4, 0.5) is 17.1 Å². The molecular formula is C18H23N3O8S2. The van der Waals surface area contributed by atoms with Crippen LogP contribution in [0.5, 0.6) is 0 Å². The molecule has 0 radical (unpaired) electrons. The fourth-order valence-corrected chi connectivity index (χ4v) is 4.03. The Kier molecular flexibility index (Phi) is 9.03. The van der Waals surface area contributed by atoms with E-state index in [-0.39, 0.29) is 18.1 Å². The Hall–Kier alpha value is -2.42. The Labute approximate surface area is 180 Å². The quantitative estimate of drug-likeness (QED) is 0.306. The molecule has 31 heavy (non-hydrogen) atoms. The predicted molar refractivity (Wildman–Crippen MR) is 113 cm³/mol. The van der Waals surface area contributed by atoms with Crippen molar-refractivity contribution in [2.75, 3.05) is 43.6 Å². The molecule has 170 valence electrons. The number of aliphatic hydroxyl groups excluding tert-OH is 2. The summed E-state index contributed by atoms with van der Waals surface area (Å²) in [5.41, 5.74) is 1.77. The number of aliphatic hydroxyl groups is 2. The number of benzene rings is 2. The standard InChI is InChI=1S/C18H23N3O8S2/c22-11-9-21(10-12-23)17-5-1-15(2-6-17)19-20-16-3-7-18(8-4-16)30(24,25)14-13-29-31(26,27)28/h1-8,22-23H,9-14H2,(H,26,27,28). The topological polar surface area (TPSA) is 166 Å². The second-order valence-corrected chi connectivity index (χ2v) is 9.41. The number of nitrogens with zero attached hydrogens (tertiary/aromatic N) is 3. The smallest absolute Gasteiger partial charge is 0.395 e. The van der Waals surface area contributed by atoms with Gasteiger partial charge in [0.15, 0.2) is 9.84 Å². The number of sulfone groups is 1. The Morgan fingerprint density at radius 1 is 0.806 bits per heavy atom. The lowest BCUT2D eigenvalue weighted by Crippen LogP contribution is -2.29. The lowest BCUT2D eigenvalue weighted by molar-refractivity contribution is 0.281. The largest absolute Gasteiger partial charge is 0.397 e. The molecule has 0 spiro atoms. The monoisotopic (exact) mass is 473 g/mol. The Morgan fingerprint density at radius 3 is 1.74 bits per heavy atom. The average Bonchev–Trinajstić information content (AvgIpc) is 2.72. The zero-order chi connectivity index (χ0) is 22.9. The number of azo groups is 1. The zero-order valence-corrected chi connectivity index (χ0v) is 18.0. The highest BCUT2D eigenvalue weighted by atomic mass is 32.3. The number of hydrogen-bond acceptors (Lipinski definition) is 10. The van der Waals surface area contributed by atoms with Crippen molar-refractivity contribution in [3.8, 4) is 0 Å². The van der Waals surface area contributed by atoms with Crippen molar-refractivity contribution in [1.82, 2.24) is 0 Å². The van der Waals surface area contributed by atoms with Crippen LogP contribution in [-0.4, -0.2) is 70.3 Å². The van der Waals surface area contributed by atoms with E-state index < -0.39 is 32.6 Å². The van der Waals surface area contributed by atoms with Gasteiger partial charge in [-0.2, -0.15) is 18.6 Å². The van der Waals surface area contributed by atoms with E-state index in [4.69, 9.17) is 14.8 Å². The molecule has 0 atom stereocenters. The van der Waals surface area contributed by atoms with Gasteiger partial charge in [0, 0.05) is 18.8 Å². The highest BCUT2D eigenvalue weighted by Gasteiger charge is 2.16. The van der Waals surface area contributed by atoms with Crippen LogP contribution in [0.15, 0.2) is 63.7 Å². The maximum absolute atomic E-state index is 12.1. The maximum atomic E-state index is 12.1. The molecule has 0 aliphatic carbocycles. The normalized spacial score (nSPS) is 12.4. The number of hydrogen-bond donors (Lipinski definition) is 3. The van der Waals surface area contributed by atoms with E-state index >= 15 is 0 Å². The van der Waals surface area contributed by atoms with Crippen LogP contribution in [-0.2, 0) is 24.4 Å². The summed E-state index contributed by atoms with van der Waals surface area (Å²) < 4.78 is 57.8. The third-order valence-electron chi connectivity index (χ3n) is 4.02. The molecule has 0 saturated heterocycles. The summed E-state index contributed by atoms with van der Waals surface area (Å²) in [4.78, 5) is 1.77. The zero-order valence-electron chi connectivity index (χ0n) is 16.4. The first-order valence-corrected chi connectivity index (χ1v) is 12.1. The van der Waals surface area contributed by atoms with Gasteiger partial charge < -0.3 is 15.1 Å². The van der Waals surface area contributed by atoms with E-state index in [2.05, 4.69) is 14.4 Å². The van der Waals surface area contributed by atoms with Crippen molar-refractivity contribution in [1.29, 1.82) is 0 Å². The van der Waals surface area contributed by atoms with Crippen molar-refractivity contribution < 1.29 is 35.8 Å². The molecule has 2 rings (SSSR count).